The lowest BCUT2D eigenvalue weighted by molar-refractivity contribution is -0.116. The number of amidine groups is 1. The molecule has 0 aliphatic carbocycles. The van der Waals surface area contributed by atoms with Crippen LogP contribution in [-0.2, 0) is 4.79 Å². The zero-order chi connectivity index (χ0) is 17.4. The monoisotopic (exact) mass is 413 g/mol. The largest absolute Gasteiger partial charge is 0.490 e. The van der Waals surface area contributed by atoms with Gasteiger partial charge in [0.2, 0.25) is 5.91 Å². The molecule has 6 nitrogen and oxygen atoms in total. The lowest BCUT2D eigenvalue weighted by Crippen LogP contribution is -2.19. The number of nitrogens with zero attached hydrogens (tertiary/aromatic N) is 2. The molecule has 2 rings (SSSR count). The van der Waals surface area contributed by atoms with Crippen molar-refractivity contribution in [2.45, 2.75) is 26.7 Å². The van der Waals surface area contributed by atoms with Gasteiger partial charge in [-0.2, -0.15) is 5.10 Å². The lowest BCUT2D eigenvalue weighted by atomic mass is 10.2. The van der Waals surface area contributed by atoms with Gasteiger partial charge in [-0.15, -0.1) is 5.10 Å². The van der Waals surface area contributed by atoms with Crippen LogP contribution in [0.5, 0.6) is 11.5 Å². The maximum absolute atomic E-state index is 11.1. The number of ether oxygens (including phenoxy) is 2. The molecule has 0 unspecified atom stereocenters. The van der Waals surface area contributed by atoms with Gasteiger partial charge in [-0.05, 0) is 47.0 Å². The van der Waals surface area contributed by atoms with Gasteiger partial charge in [0, 0.05) is 0 Å². The fourth-order valence-corrected chi connectivity index (χ4v) is 3.12. The van der Waals surface area contributed by atoms with E-state index in [1.165, 1.54) is 11.8 Å². The number of benzene rings is 1. The first-order valence-electron chi connectivity index (χ1n) is 7.76. The van der Waals surface area contributed by atoms with Crippen molar-refractivity contribution in [3.05, 3.63) is 22.2 Å². The lowest BCUT2D eigenvalue weighted by Gasteiger charge is -2.14. The summed E-state index contributed by atoms with van der Waals surface area (Å²) in [4.78, 5) is 11.1. The van der Waals surface area contributed by atoms with Crippen LogP contribution in [0.3, 0.4) is 0 Å². The molecule has 0 bridgehead atoms. The van der Waals surface area contributed by atoms with Crippen molar-refractivity contribution >= 4 is 45.0 Å². The second-order valence-corrected chi connectivity index (χ2v) is 6.77. The SMILES string of the molecule is CCCCOc1c(Br)cc(C=NN=C2NC(=O)CS2)cc1OCC. The Labute approximate surface area is 154 Å². The number of halogens is 1. The van der Waals surface area contributed by atoms with Crippen molar-refractivity contribution in [1.29, 1.82) is 0 Å². The maximum Gasteiger partial charge on any atom is 0.236 e. The average Bonchev–Trinajstić information content (AvgIpc) is 2.96. The number of nitrogens with one attached hydrogen (secondary N) is 1. The van der Waals surface area contributed by atoms with Crippen molar-refractivity contribution in [1.82, 2.24) is 5.32 Å². The van der Waals surface area contributed by atoms with E-state index in [0.29, 0.717) is 35.6 Å². The van der Waals surface area contributed by atoms with Crippen LogP contribution in [0.25, 0.3) is 0 Å². The van der Waals surface area contributed by atoms with Crippen LogP contribution in [-0.4, -0.2) is 36.3 Å². The summed E-state index contributed by atoms with van der Waals surface area (Å²) in [5.41, 5.74) is 0.826. The van der Waals surface area contributed by atoms with E-state index in [0.717, 1.165) is 22.9 Å². The fourth-order valence-electron chi connectivity index (χ4n) is 1.91. The predicted octanol–water partition coefficient (Wildman–Crippen LogP) is 3.58. The number of unbranched alkanes of at least 4 members (excludes halogenated alkanes) is 1. The Morgan fingerprint density at radius 3 is 2.88 bits per heavy atom. The Hall–Kier alpha value is -1.54. The highest BCUT2D eigenvalue weighted by atomic mass is 79.9. The first-order chi connectivity index (χ1) is 11.6. The van der Waals surface area contributed by atoms with Crippen LogP contribution < -0.4 is 14.8 Å². The van der Waals surface area contributed by atoms with Crippen molar-refractivity contribution in [3.8, 4) is 11.5 Å². The molecule has 0 spiro atoms. The molecule has 24 heavy (non-hydrogen) atoms. The molecule has 1 saturated heterocycles. The molecule has 0 saturated carbocycles. The van der Waals surface area contributed by atoms with Crippen molar-refractivity contribution < 1.29 is 14.3 Å². The Kier molecular flexibility index (Phi) is 7.58. The van der Waals surface area contributed by atoms with E-state index >= 15 is 0 Å². The van der Waals surface area contributed by atoms with Crippen molar-refractivity contribution in [2.75, 3.05) is 19.0 Å². The predicted molar refractivity (Wildman–Crippen MR) is 101 cm³/mol. The van der Waals surface area contributed by atoms with E-state index in [4.69, 9.17) is 9.47 Å². The maximum atomic E-state index is 11.1. The smallest absolute Gasteiger partial charge is 0.236 e. The molecule has 0 radical (unpaired) electrons. The normalized spacial score (nSPS) is 16.0. The highest BCUT2D eigenvalue weighted by molar-refractivity contribution is 9.10. The molecular weight excluding hydrogens is 394 g/mol. The third-order valence-electron chi connectivity index (χ3n) is 3.02. The number of hydrogen-bond donors (Lipinski definition) is 1. The Morgan fingerprint density at radius 2 is 2.21 bits per heavy atom. The first-order valence-corrected chi connectivity index (χ1v) is 9.54. The van der Waals surface area contributed by atoms with E-state index in [9.17, 15) is 4.79 Å². The third-order valence-corrected chi connectivity index (χ3v) is 4.47. The van der Waals surface area contributed by atoms with Crippen LogP contribution in [0.4, 0.5) is 0 Å². The van der Waals surface area contributed by atoms with Crippen LogP contribution in [0.15, 0.2) is 26.8 Å². The van der Waals surface area contributed by atoms with Gasteiger partial charge in [0.1, 0.15) is 0 Å². The van der Waals surface area contributed by atoms with Gasteiger partial charge in [-0.25, -0.2) is 0 Å². The van der Waals surface area contributed by atoms with Crippen molar-refractivity contribution in [2.24, 2.45) is 10.2 Å². The van der Waals surface area contributed by atoms with E-state index in [1.807, 2.05) is 19.1 Å². The van der Waals surface area contributed by atoms with E-state index in [2.05, 4.69) is 38.4 Å². The van der Waals surface area contributed by atoms with Gasteiger partial charge in [0.15, 0.2) is 16.7 Å². The molecule has 1 amide bonds. The summed E-state index contributed by atoms with van der Waals surface area (Å²) in [6.45, 7) is 5.24. The van der Waals surface area contributed by atoms with Gasteiger partial charge < -0.3 is 14.8 Å². The second-order valence-electron chi connectivity index (χ2n) is 4.95. The molecule has 1 fully saturated rings. The zero-order valence-electron chi connectivity index (χ0n) is 13.7. The molecule has 0 aromatic heterocycles. The summed E-state index contributed by atoms with van der Waals surface area (Å²) in [6.07, 6.45) is 3.67. The van der Waals surface area contributed by atoms with Crippen LogP contribution in [0, 0.1) is 0 Å². The molecule has 1 aliphatic heterocycles. The molecule has 1 heterocycles. The number of hydrogen-bond acceptors (Lipinski definition) is 6. The standard InChI is InChI=1S/C16H20BrN3O3S/c1-3-5-6-23-15-12(17)7-11(8-13(15)22-4-2)9-18-20-16-19-14(21)10-24-16/h7-9H,3-6,10H2,1-2H3,(H,19,20,21). The van der Waals surface area contributed by atoms with Gasteiger partial charge >= 0.3 is 0 Å². The van der Waals surface area contributed by atoms with Crippen LogP contribution >= 0.6 is 27.7 Å². The number of thioether (sulfide) groups is 1. The summed E-state index contributed by atoms with van der Waals surface area (Å²) in [7, 11) is 0. The molecule has 130 valence electrons. The number of carbonyl (C=O) groups excluding carboxylic acids is 1. The summed E-state index contributed by atoms with van der Waals surface area (Å²) >= 11 is 4.86. The molecule has 8 heteroatoms. The van der Waals surface area contributed by atoms with Gasteiger partial charge in [0.25, 0.3) is 0 Å². The molecule has 0 atom stereocenters. The van der Waals surface area contributed by atoms with Crippen molar-refractivity contribution in [3.63, 3.8) is 0 Å². The van der Waals surface area contributed by atoms with Crippen LogP contribution in [0.1, 0.15) is 32.3 Å². The number of carbonyl (C=O) groups is 1. The summed E-state index contributed by atoms with van der Waals surface area (Å²) < 4.78 is 12.3. The number of rotatable bonds is 8. The van der Waals surface area contributed by atoms with E-state index in [-0.39, 0.29) is 5.91 Å². The minimum absolute atomic E-state index is 0.0519. The van der Waals surface area contributed by atoms with Gasteiger partial charge in [-0.1, -0.05) is 25.1 Å². The van der Waals surface area contributed by atoms with E-state index in [1.54, 1.807) is 6.21 Å². The van der Waals surface area contributed by atoms with Gasteiger partial charge in [0.05, 0.1) is 29.7 Å². The zero-order valence-corrected chi connectivity index (χ0v) is 16.1. The summed E-state index contributed by atoms with van der Waals surface area (Å²) in [6, 6.07) is 3.76. The minimum Gasteiger partial charge on any atom is -0.490 e. The van der Waals surface area contributed by atoms with Crippen LogP contribution in [0.2, 0.25) is 0 Å². The highest BCUT2D eigenvalue weighted by Crippen LogP contribution is 2.36. The number of amides is 1. The molecule has 1 aliphatic rings. The molecule has 1 N–H and O–H groups in total. The quantitative estimate of drug-likeness (QED) is 0.401. The summed E-state index contributed by atoms with van der Waals surface area (Å²) in [5, 5.41) is 11.1. The summed E-state index contributed by atoms with van der Waals surface area (Å²) in [5.74, 6) is 1.70. The second kappa shape index (κ2) is 9.68. The third kappa shape index (κ3) is 5.52. The van der Waals surface area contributed by atoms with E-state index < -0.39 is 0 Å². The Bertz CT molecular complexity index is 650. The molecular formula is C16H20BrN3O3S. The average molecular weight is 414 g/mol. The first kappa shape index (κ1) is 18.8. The molecule has 1 aromatic rings. The Balaban J connectivity index is 2.14. The fraction of sp³-hybridized carbons (Fsp3) is 0.438. The Morgan fingerprint density at radius 1 is 1.38 bits per heavy atom. The topological polar surface area (TPSA) is 72.3 Å². The molecule has 1 aromatic carbocycles. The minimum atomic E-state index is -0.0519. The highest BCUT2D eigenvalue weighted by Gasteiger charge is 2.16. The van der Waals surface area contributed by atoms with Gasteiger partial charge in [-0.3, -0.25) is 4.79 Å².